The largest absolute Gasteiger partial charge is 0.506 e. The number of pyridine rings is 1. The fourth-order valence-electron chi connectivity index (χ4n) is 3.79. The Kier molecular flexibility index (Phi) is 7.59. The van der Waals surface area contributed by atoms with Crippen molar-refractivity contribution in [3.8, 4) is 5.75 Å². The average Bonchev–Trinajstić information content (AvgIpc) is 3.32. The molecule has 0 amide bonds. The highest BCUT2D eigenvalue weighted by Gasteiger charge is 2.22. The van der Waals surface area contributed by atoms with E-state index in [1.165, 1.54) is 18.0 Å². The summed E-state index contributed by atoms with van der Waals surface area (Å²) < 4.78 is 29.4. The second-order valence-corrected chi connectivity index (χ2v) is 11.8. The lowest BCUT2D eigenvalue weighted by Crippen LogP contribution is -2.13. The van der Waals surface area contributed by atoms with Crippen LogP contribution in [0.1, 0.15) is 29.9 Å². The molecule has 0 aliphatic heterocycles. The molecule has 0 aliphatic rings. The number of rotatable bonds is 9. The fraction of sp³-hybridized carbons (Fsp3) is 0.154. The molecule has 4 aromatic rings. The number of aromatic hydroxyl groups is 1. The number of phenolic OH excluding ortho intramolecular Hbond substituents is 1. The van der Waals surface area contributed by atoms with Crippen LogP contribution in [0.5, 0.6) is 5.75 Å². The first-order chi connectivity index (χ1) is 16.9. The molecular formula is C26H25N3O3S3. The van der Waals surface area contributed by atoms with Gasteiger partial charge in [0.1, 0.15) is 9.96 Å². The molecule has 0 unspecified atom stereocenters. The van der Waals surface area contributed by atoms with Gasteiger partial charge in [0.15, 0.2) is 0 Å². The maximum absolute atomic E-state index is 13.2. The zero-order chi connectivity index (χ0) is 25.0. The molecule has 0 atom stereocenters. The molecule has 180 valence electrons. The quantitative estimate of drug-likeness (QED) is 0.166. The number of sulfonamides is 1. The minimum atomic E-state index is -3.85. The van der Waals surface area contributed by atoms with Gasteiger partial charge in [-0.2, -0.15) is 0 Å². The molecule has 4 rings (SSSR count). The van der Waals surface area contributed by atoms with Gasteiger partial charge in [-0.25, -0.2) is 8.42 Å². The SMILES string of the molecule is C/C=C\c1c(O)c(Sc2cccc3cccnc23)cc(NS(=O)(=O)c2ccc(CC=N)s2)c1CC. The lowest BCUT2D eigenvalue weighted by Gasteiger charge is -2.18. The van der Waals surface area contributed by atoms with Crippen molar-refractivity contribution in [1.82, 2.24) is 4.98 Å². The molecule has 3 N–H and O–H groups in total. The van der Waals surface area contributed by atoms with Crippen LogP contribution in [0.4, 0.5) is 5.69 Å². The fourth-order valence-corrected chi connectivity index (χ4v) is 7.22. The molecule has 6 nitrogen and oxygen atoms in total. The molecule has 0 saturated carbocycles. The van der Waals surface area contributed by atoms with Crippen molar-refractivity contribution in [2.75, 3.05) is 4.72 Å². The predicted molar refractivity (Wildman–Crippen MR) is 146 cm³/mol. The summed E-state index contributed by atoms with van der Waals surface area (Å²) in [6.07, 6.45) is 7.51. The third-order valence-corrected chi connectivity index (χ3v) is 9.41. The number of para-hydroxylation sites is 1. The Bertz CT molecular complexity index is 1520. The summed E-state index contributed by atoms with van der Waals surface area (Å²) >= 11 is 2.49. The van der Waals surface area contributed by atoms with Crippen molar-refractivity contribution in [3.05, 3.63) is 76.8 Å². The van der Waals surface area contributed by atoms with E-state index in [2.05, 4.69) is 9.71 Å². The van der Waals surface area contributed by atoms with Crippen LogP contribution in [-0.4, -0.2) is 24.7 Å². The van der Waals surface area contributed by atoms with Gasteiger partial charge in [0.25, 0.3) is 10.0 Å². The van der Waals surface area contributed by atoms with Crippen molar-refractivity contribution in [2.24, 2.45) is 0 Å². The minimum Gasteiger partial charge on any atom is -0.506 e. The summed E-state index contributed by atoms with van der Waals surface area (Å²) in [6, 6.07) is 14.7. The Balaban J connectivity index is 1.81. The number of hydrogen-bond acceptors (Lipinski definition) is 7. The van der Waals surface area contributed by atoms with Crippen molar-refractivity contribution in [1.29, 1.82) is 5.41 Å². The minimum absolute atomic E-state index is 0.102. The maximum Gasteiger partial charge on any atom is 0.271 e. The highest BCUT2D eigenvalue weighted by atomic mass is 32.2. The molecule has 2 aromatic carbocycles. The predicted octanol–water partition coefficient (Wildman–Crippen LogP) is 6.74. The number of benzene rings is 2. The molecule has 9 heteroatoms. The van der Waals surface area contributed by atoms with E-state index >= 15 is 0 Å². The number of hydrogen-bond donors (Lipinski definition) is 3. The van der Waals surface area contributed by atoms with Crippen LogP contribution in [0.25, 0.3) is 17.0 Å². The molecule has 0 saturated heterocycles. The summed E-state index contributed by atoms with van der Waals surface area (Å²) in [5, 5.41) is 19.4. The molecular weight excluding hydrogens is 499 g/mol. The van der Waals surface area contributed by atoms with E-state index < -0.39 is 10.0 Å². The second kappa shape index (κ2) is 10.6. The van der Waals surface area contributed by atoms with Gasteiger partial charge in [0, 0.05) is 39.6 Å². The van der Waals surface area contributed by atoms with E-state index in [1.807, 2.05) is 50.3 Å². The summed E-state index contributed by atoms with van der Waals surface area (Å²) in [5.74, 6) is 0.102. The molecule has 0 spiro atoms. The molecule has 0 fully saturated rings. The molecule has 0 aliphatic carbocycles. The number of anilines is 1. The first-order valence-electron chi connectivity index (χ1n) is 11.0. The van der Waals surface area contributed by atoms with Crippen LogP contribution in [0, 0.1) is 5.41 Å². The molecule has 35 heavy (non-hydrogen) atoms. The van der Waals surface area contributed by atoms with Gasteiger partial charge in [-0.15, -0.1) is 11.3 Å². The van der Waals surface area contributed by atoms with Gasteiger partial charge >= 0.3 is 0 Å². The summed E-state index contributed by atoms with van der Waals surface area (Å²) in [5.41, 5.74) is 2.53. The lowest BCUT2D eigenvalue weighted by atomic mass is 10.0. The Labute approximate surface area is 213 Å². The smallest absolute Gasteiger partial charge is 0.271 e. The number of fused-ring (bicyclic) bond motifs is 1. The molecule has 2 heterocycles. The van der Waals surface area contributed by atoms with Crippen LogP contribution < -0.4 is 4.72 Å². The monoisotopic (exact) mass is 523 g/mol. The third-order valence-electron chi connectivity index (χ3n) is 5.37. The van der Waals surface area contributed by atoms with E-state index in [0.717, 1.165) is 32.0 Å². The average molecular weight is 524 g/mol. The topological polar surface area (TPSA) is 103 Å². The molecule has 0 bridgehead atoms. The van der Waals surface area contributed by atoms with E-state index in [1.54, 1.807) is 30.5 Å². The first kappa shape index (κ1) is 25.0. The maximum atomic E-state index is 13.2. The van der Waals surface area contributed by atoms with Gasteiger partial charge in [0.2, 0.25) is 0 Å². The number of aromatic nitrogens is 1. The lowest BCUT2D eigenvalue weighted by molar-refractivity contribution is 0.460. The van der Waals surface area contributed by atoms with Gasteiger partial charge in [-0.3, -0.25) is 9.71 Å². The molecule has 2 aromatic heterocycles. The Morgan fingerprint density at radius 2 is 1.97 bits per heavy atom. The van der Waals surface area contributed by atoms with Gasteiger partial charge in [-0.05, 0) is 49.2 Å². The van der Waals surface area contributed by atoms with Gasteiger partial charge < -0.3 is 10.5 Å². The van der Waals surface area contributed by atoms with E-state index in [0.29, 0.717) is 34.6 Å². The number of phenols is 1. The number of allylic oxidation sites excluding steroid dienone is 1. The zero-order valence-electron chi connectivity index (χ0n) is 19.3. The highest BCUT2D eigenvalue weighted by molar-refractivity contribution is 7.99. The normalized spacial score (nSPS) is 11.8. The first-order valence-corrected chi connectivity index (χ1v) is 14.1. The zero-order valence-corrected chi connectivity index (χ0v) is 21.7. The van der Waals surface area contributed by atoms with Crippen molar-refractivity contribution >= 4 is 62.0 Å². The van der Waals surface area contributed by atoms with Gasteiger partial charge in [-0.1, -0.05) is 49.0 Å². The summed E-state index contributed by atoms with van der Waals surface area (Å²) in [6.45, 7) is 3.78. The number of thiophene rings is 1. The van der Waals surface area contributed by atoms with E-state index in [9.17, 15) is 13.5 Å². The van der Waals surface area contributed by atoms with Crippen molar-refractivity contribution in [2.45, 2.75) is 40.7 Å². The Morgan fingerprint density at radius 3 is 2.71 bits per heavy atom. The Morgan fingerprint density at radius 1 is 1.17 bits per heavy atom. The van der Waals surface area contributed by atoms with Crippen LogP contribution in [0.2, 0.25) is 0 Å². The highest BCUT2D eigenvalue weighted by Crippen LogP contribution is 2.44. The second-order valence-electron chi connectivity index (χ2n) is 7.68. The van der Waals surface area contributed by atoms with Crippen LogP contribution in [0.15, 0.2) is 74.8 Å². The third kappa shape index (κ3) is 5.27. The van der Waals surface area contributed by atoms with Crippen molar-refractivity contribution in [3.63, 3.8) is 0 Å². The van der Waals surface area contributed by atoms with E-state index in [4.69, 9.17) is 5.41 Å². The van der Waals surface area contributed by atoms with E-state index in [-0.39, 0.29) is 9.96 Å². The summed E-state index contributed by atoms with van der Waals surface area (Å²) in [4.78, 5) is 6.69. The summed E-state index contributed by atoms with van der Waals surface area (Å²) in [7, 11) is -3.85. The van der Waals surface area contributed by atoms with Crippen molar-refractivity contribution < 1.29 is 13.5 Å². The van der Waals surface area contributed by atoms with Crippen LogP contribution >= 0.6 is 23.1 Å². The molecule has 0 radical (unpaired) electrons. The van der Waals surface area contributed by atoms with Crippen LogP contribution in [0.3, 0.4) is 0 Å². The Hall–Kier alpha value is -3.14. The van der Waals surface area contributed by atoms with Gasteiger partial charge in [0.05, 0.1) is 16.1 Å². The number of nitrogens with one attached hydrogen (secondary N) is 2. The number of nitrogens with zero attached hydrogens (tertiary/aromatic N) is 1. The van der Waals surface area contributed by atoms with Crippen LogP contribution in [-0.2, 0) is 22.9 Å². The standard InChI is InChI=1S/C26H25N3O3S3/c1-3-7-20-19(4-2)21(29-35(31,32)24-12-11-18(33-24)13-14-27)16-23(26(20)30)34-22-10-5-8-17-9-6-15-28-25(17)22/h3,5-12,14-16,27,29-30H,4,13H2,1-2H3/b7-3-,27-14?.